The molecule has 2 aromatic rings. The van der Waals surface area contributed by atoms with Gasteiger partial charge in [0, 0.05) is 19.0 Å². The van der Waals surface area contributed by atoms with Crippen LogP contribution in [0.25, 0.3) is 0 Å². The van der Waals surface area contributed by atoms with E-state index in [1.165, 1.54) is 69.3 Å². The van der Waals surface area contributed by atoms with Gasteiger partial charge in [-0.15, -0.1) is 0 Å². The van der Waals surface area contributed by atoms with Gasteiger partial charge in [-0.05, 0) is 123 Å². The molecular weight excluding hydrogens is 474 g/mol. The van der Waals surface area contributed by atoms with E-state index in [0.717, 1.165) is 48.7 Å². The molecule has 5 nitrogen and oxygen atoms in total. The van der Waals surface area contributed by atoms with Gasteiger partial charge in [0.2, 0.25) is 0 Å². The summed E-state index contributed by atoms with van der Waals surface area (Å²) in [6, 6.07) is 15.7. The Morgan fingerprint density at radius 1 is 0.921 bits per heavy atom. The lowest BCUT2D eigenvalue weighted by molar-refractivity contribution is -0.114. The predicted molar refractivity (Wildman–Crippen MR) is 147 cm³/mol. The van der Waals surface area contributed by atoms with Crippen LogP contribution in [-0.4, -0.2) is 42.9 Å². The van der Waals surface area contributed by atoms with Crippen LogP contribution in [0.4, 0.5) is 0 Å². The molecule has 0 N–H and O–H groups in total. The number of ether oxygens (including phenoxy) is 2. The number of likely N-dealkylation sites (tertiary alicyclic amines) is 1. The molecule has 0 spiro atoms. The Kier molecular flexibility index (Phi) is 7.38. The molecule has 0 unspecified atom stereocenters. The second-order valence-corrected chi connectivity index (χ2v) is 12.2. The first kappa shape index (κ1) is 25.4. The van der Waals surface area contributed by atoms with E-state index in [4.69, 9.17) is 9.47 Å². The minimum Gasteiger partial charge on any atom is -0.465 e. The fourth-order valence-electron chi connectivity index (χ4n) is 7.97. The Labute approximate surface area is 226 Å². The molecule has 1 heterocycles. The Morgan fingerprint density at radius 3 is 2.29 bits per heavy atom. The van der Waals surface area contributed by atoms with E-state index in [1.807, 2.05) is 18.2 Å². The fraction of sp³-hybridized carbons (Fsp3) is 0.515. The van der Waals surface area contributed by atoms with E-state index in [2.05, 4.69) is 17.0 Å². The van der Waals surface area contributed by atoms with E-state index in [1.54, 1.807) is 18.2 Å². The quantitative estimate of drug-likeness (QED) is 0.218. The summed E-state index contributed by atoms with van der Waals surface area (Å²) in [5, 5.41) is 0. The second-order valence-electron chi connectivity index (χ2n) is 12.2. The van der Waals surface area contributed by atoms with Crippen molar-refractivity contribution in [1.82, 2.24) is 4.90 Å². The number of hydrogen-bond donors (Lipinski definition) is 0. The van der Waals surface area contributed by atoms with Gasteiger partial charge in [0.15, 0.2) is 5.78 Å². The lowest BCUT2D eigenvalue weighted by Gasteiger charge is -2.57. The van der Waals surface area contributed by atoms with Crippen molar-refractivity contribution >= 4 is 11.8 Å². The van der Waals surface area contributed by atoms with Crippen molar-refractivity contribution in [3.8, 4) is 5.75 Å². The molecule has 0 radical (unpaired) electrons. The van der Waals surface area contributed by atoms with Crippen molar-refractivity contribution in [3.63, 3.8) is 0 Å². The number of carbonyl (C=O) groups is 2. The lowest BCUT2D eigenvalue weighted by Crippen LogP contribution is -2.48. The third-order valence-corrected chi connectivity index (χ3v) is 9.34. The van der Waals surface area contributed by atoms with Crippen LogP contribution in [0, 0.1) is 17.8 Å². The SMILES string of the molecule is O=C(/C=C/Oc1ccc(C23CC4CC(CC(C4)C2)C3)cc1)Cc1cccc(C(=O)OCCN2CCCC2)c1. The topological polar surface area (TPSA) is 55.8 Å². The van der Waals surface area contributed by atoms with Crippen LogP contribution in [-0.2, 0) is 21.4 Å². The average Bonchev–Trinajstić information content (AvgIpc) is 3.42. The van der Waals surface area contributed by atoms with Crippen molar-refractivity contribution in [2.75, 3.05) is 26.2 Å². The van der Waals surface area contributed by atoms with Gasteiger partial charge < -0.3 is 9.47 Å². The first-order valence-corrected chi connectivity index (χ1v) is 14.5. The minimum absolute atomic E-state index is 0.0743. The Morgan fingerprint density at radius 2 is 1.61 bits per heavy atom. The van der Waals surface area contributed by atoms with Gasteiger partial charge in [-0.2, -0.15) is 0 Å². The molecule has 5 aliphatic rings. The highest BCUT2D eigenvalue weighted by Gasteiger charge is 2.51. The summed E-state index contributed by atoms with van der Waals surface area (Å²) >= 11 is 0. The van der Waals surface area contributed by atoms with Crippen LogP contribution >= 0.6 is 0 Å². The monoisotopic (exact) mass is 513 g/mol. The first-order valence-electron chi connectivity index (χ1n) is 14.5. The van der Waals surface area contributed by atoms with E-state index in [-0.39, 0.29) is 18.2 Å². The molecule has 5 fully saturated rings. The zero-order valence-corrected chi connectivity index (χ0v) is 22.3. The summed E-state index contributed by atoms with van der Waals surface area (Å²) in [6.07, 6.45) is 14.0. The zero-order valence-electron chi connectivity index (χ0n) is 22.3. The smallest absolute Gasteiger partial charge is 0.338 e. The predicted octanol–water partition coefficient (Wildman–Crippen LogP) is 6.11. The van der Waals surface area contributed by atoms with Crippen molar-refractivity contribution in [1.29, 1.82) is 0 Å². The van der Waals surface area contributed by atoms with Crippen LogP contribution in [0.1, 0.15) is 72.9 Å². The largest absolute Gasteiger partial charge is 0.465 e. The maximum absolute atomic E-state index is 12.5. The molecule has 0 amide bonds. The molecular formula is C33H39NO4. The summed E-state index contributed by atoms with van der Waals surface area (Å²) in [6.45, 7) is 3.34. The van der Waals surface area contributed by atoms with E-state index >= 15 is 0 Å². The third kappa shape index (κ3) is 5.73. The fourth-order valence-corrected chi connectivity index (χ4v) is 7.97. The Bertz CT molecular complexity index is 1140. The zero-order chi connectivity index (χ0) is 26.0. The highest BCUT2D eigenvalue weighted by Crippen LogP contribution is 2.60. The number of allylic oxidation sites excluding steroid dienone is 1. The van der Waals surface area contributed by atoms with E-state index in [9.17, 15) is 9.59 Å². The summed E-state index contributed by atoms with van der Waals surface area (Å²) in [4.78, 5) is 27.3. The summed E-state index contributed by atoms with van der Waals surface area (Å²) in [5.41, 5.74) is 3.12. The molecule has 38 heavy (non-hydrogen) atoms. The highest BCUT2D eigenvalue weighted by molar-refractivity contribution is 5.93. The number of esters is 1. The molecule has 1 aliphatic heterocycles. The maximum Gasteiger partial charge on any atom is 0.338 e. The van der Waals surface area contributed by atoms with Crippen molar-refractivity contribution in [3.05, 3.63) is 77.6 Å². The standard InChI is InChI=1S/C33H39NO4/c35-30(20-24-4-3-5-28(19-24)32(36)38-15-13-34-11-1-2-12-34)10-14-37-31-8-6-29(7-9-31)33-21-25-16-26(22-33)18-27(17-25)23-33/h3-10,14,19,25-27H,1-2,11-13,15-18,20-23H2/b14-10+. The number of ketones is 1. The first-order chi connectivity index (χ1) is 18.5. The average molecular weight is 514 g/mol. The Hall–Kier alpha value is -2.92. The van der Waals surface area contributed by atoms with Gasteiger partial charge in [0.25, 0.3) is 0 Å². The number of carbonyl (C=O) groups excluding carboxylic acids is 2. The van der Waals surface area contributed by atoms with Crippen molar-refractivity contribution in [2.24, 2.45) is 17.8 Å². The maximum atomic E-state index is 12.5. The number of benzene rings is 2. The van der Waals surface area contributed by atoms with Crippen molar-refractivity contribution < 1.29 is 19.1 Å². The van der Waals surface area contributed by atoms with Gasteiger partial charge in [-0.25, -0.2) is 4.79 Å². The van der Waals surface area contributed by atoms with Crippen LogP contribution in [0.15, 0.2) is 60.9 Å². The van der Waals surface area contributed by atoms with Gasteiger partial charge in [-0.1, -0.05) is 24.3 Å². The second kappa shape index (κ2) is 11.1. The highest BCUT2D eigenvalue weighted by atomic mass is 16.5. The summed E-state index contributed by atoms with van der Waals surface area (Å²) in [7, 11) is 0. The minimum atomic E-state index is -0.339. The Balaban J connectivity index is 0.983. The molecule has 4 aliphatic carbocycles. The van der Waals surface area contributed by atoms with Crippen LogP contribution in [0.5, 0.6) is 5.75 Å². The molecule has 4 bridgehead atoms. The molecule has 4 saturated carbocycles. The molecule has 200 valence electrons. The summed E-state index contributed by atoms with van der Waals surface area (Å²) in [5.74, 6) is 3.12. The van der Waals surface area contributed by atoms with Crippen LogP contribution in [0.3, 0.4) is 0 Å². The lowest BCUT2D eigenvalue weighted by atomic mass is 9.48. The van der Waals surface area contributed by atoms with Gasteiger partial charge in [0.1, 0.15) is 12.4 Å². The van der Waals surface area contributed by atoms with E-state index in [0.29, 0.717) is 17.6 Å². The normalized spacial score (nSPS) is 28.2. The van der Waals surface area contributed by atoms with Crippen LogP contribution in [0.2, 0.25) is 0 Å². The number of hydrogen-bond acceptors (Lipinski definition) is 5. The molecule has 5 heteroatoms. The summed E-state index contributed by atoms with van der Waals surface area (Å²) < 4.78 is 11.2. The molecule has 0 aromatic heterocycles. The molecule has 0 atom stereocenters. The molecule has 1 saturated heterocycles. The van der Waals surface area contributed by atoms with Gasteiger partial charge in [-0.3, -0.25) is 9.69 Å². The molecule has 2 aromatic carbocycles. The van der Waals surface area contributed by atoms with Crippen molar-refractivity contribution in [2.45, 2.75) is 63.2 Å². The van der Waals surface area contributed by atoms with Gasteiger partial charge >= 0.3 is 5.97 Å². The molecule has 7 rings (SSSR count). The van der Waals surface area contributed by atoms with E-state index < -0.39 is 0 Å². The number of nitrogens with zero attached hydrogens (tertiary/aromatic N) is 1. The van der Waals surface area contributed by atoms with Crippen LogP contribution < -0.4 is 4.74 Å². The van der Waals surface area contributed by atoms with Gasteiger partial charge in [0.05, 0.1) is 11.8 Å². The third-order valence-electron chi connectivity index (χ3n) is 9.34. The number of rotatable bonds is 10.